The van der Waals surface area contributed by atoms with Gasteiger partial charge in [0.15, 0.2) is 0 Å². The van der Waals surface area contributed by atoms with E-state index in [1.54, 1.807) is 25.3 Å². The van der Waals surface area contributed by atoms with Crippen molar-refractivity contribution >= 4 is 17.8 Å². The van der Waals surface area contributed by atoms with Crippen LogP contribution in [-0.4, -0.2) is 66.7 Å². The zero-order valence-corrected chi connectivity index (χ0v) is 15.1. The number of aliphatic hydroxyl groups is 1. The van der Waals surface area contributed by atoms with Crippen LogP contribution in [0.25, 0.3) is 0 Å². The lowest BCUT2D eigenvalue weighted by atomic mass is 10.0. The first-order chi connectivity index (χ1) is 12.3. The topological polar surface area (TPSA) is 105 Å². The highest BCUT2D eigenvalue weighted by atomic mass is 16.5. The first-order valence-electron chi connectivity index (χ1n) is 8.32. The maximum atomic E-state index is 12.6. The van der Waals surface area contributed by atoms with Gasteiger partial charge in [0, 0.05) is 26.3 Å². The van der Waals surface area contributed by atoms with Crippen LogP contribution >= 0.6 is 0 Å². The number of methoxy groups -OCH3 is 2. The van der Waals surface area contributed by atoms with Crippen LogP contribution in [0.15, 0.2) is 24.3 Å². The largest absolute Gasteiger partial charge is 0.497 e. The Labute approximate surface area is 152 Å². The van der Waals surface area contributed by atoms with Gasteiger partial charge in [-0.1, -0.05) is 12.1 Å². The van der Waals surface area contributed by atoms with E-state index in [1.165, 1.54) is 18.9 Å². The highest BCUT2D eigenvalue weighted by Crippen LogP contribution is 2.19. The van der Waals surface area contributed by atoms with Gasteiger partial charge in [-0.15, -0.1) is 0 Å². The van der Waals surface area contributed by atoms with Gasteiger partial charge in [0.1, 0.15) is 17.8 Å². The molecule has 1 fully saturated rings. The van der Waals surface area contributed by atoms with Crippen LogP contribution in [-0.2, 0) is 25.5 Å². The van der Waals surface area contributed by atoms with E-state index in [0.29, 0.717) is 5.75 Å². The molecule has 3 atom stereocenters. The quantitative estimate of drug-likeness (QED) is 0.682. The number of β-amino-alcohol motifs (C(OH)–C–C–N with tert-alkyl or cyclic N) is 1. The van der Waals surface area contributed by atoms with Crippen molar-refractivity contribution < 1.29 is 29.0 Å². The average Bonchev–Trinajstić information content (AvgIpc) is 3.03. The fraction of sp³-hybridized carbons (Fsp3) is 0.500. The van der Waals surface area contributed by atoms with E-state index in [-0.39, 0.29) is 25.3 Å². The summed E-state index contributed by atoms with van der Waals surface area (Å²) in [6.45, 7) is 1.44. The van der Waals surface area contributed by atoms with E-state index in [9.17, 15) is 19.5 Å². The van der Waals surface area contributed by atoms with Crippen molar-refractivity contribution in [2.75, 3.05) is 20.8 Å². The summed E-state index contributed by atoms with van der Waals surface area (Å²) in [5.41, 5.74) is 0.787. The average molecular weight is 364 g/mol. The molecule has 1 aromatic carbocycles. The molecular weight excluding hydrogens is 340 g/mol. The summed E-state index contributed by atoms with van der Waals surface area (Å²) in [5.74, 6) is -0.743. The summed E-state index contributed by atoms with van der Waals surface area (Å²) in [7, 11) is 2.79. The first kappa shape index (κ1) is 19.7. The van der Waals surface area contributed by atoms with Crippen LogP contribution in [0.2, 0.25) is 0 Å². The Hall–Kier alpha value is -2.61. The number of hydrogen-bond acceptors (Lipinski definition) is 6. The van der Waals surface area contributed by atoms with Gasteiger partial charge in [0.05, 0.1) is 20.3 Å². The van der Waals surface area contributed by atoms with E-state index in [0.717, 1.165) is 5.56 Å². The number of carbonyl (C=O) groups excluding carboxylic acids is 3. The molecule has 0 unspecified atom stereocenters. The van der Waals surface area contributed by atoms with Crippen molar-refractivity contribution in [2.45, 2.75) is 38.0 Å². The molecule has 2 rings (SSSR count). The minimum atomic E-state index is -0.911. The number of aliphatic hydroxyl groups excluding tert-OH is 1. The standard InChI is InChI=1S/C18H24N2O6/c1-11(21)20-10-13(22)9-16(20)17(23)19-15(18(24)26-3)8-12-5-4-6-14(7-12)25-2/h4-7,13,15-16,22H,8-10H2,1-3H3,(H,19,23)/t13-,15+,16+/m1/s1. The predicted octanol–water partition coefficient (Wildman–Crippen LogP) is -0.123. The van der Waals surface area contributed by atoms with Gasteiger partial charge < -0.3 is 24.8 Å². The molecule has 2 N–H and O–H groups in total. The lowest BCUT2D eigenvalue weighted by Gasteiger charge is -2.24. The molecule has 2 amide bonds. The third-order valence-corrected chi connectivity index (χ3v) is 4.36. The Morgan fingerprint density at radius 3 is 2.69 bits per heavy atom. The van der Waals surface area contributed by atoms with Gasteiger partial charge in [-0.05, 0) is 17.7 Å². The third-order valence-electron chi connectivity index (χ3n) is 4.36. The van der Waals surface area contributed by atoms with Gasteiger partial charge >= 0.3 is 5.97 Å². The summed E-state index contributed by atoms with van der Waals surface area (Å²) >= 11 is 0. The van der Waals surface area contributed by atoms with Gasteiger partial charge in [-0.25, -0.2) is 4.79 Å². The fourth-order valence-corrected chi connectivity index (χ4v) is 3.05. The van der Waals surface area contributed by atoms with E-state index in [4.69, 9.17) is 9.47 Å². The van der Waals surface area contributed by atoms with Gasteiger partial charge in [0.25, 0.3) is 0 Å². The minimum absolute atomic E-state index is 0.103. The third kappa shape index (κ3) is 4.72. The summed E-state index contributed by atoms with van der Waals surface area (Å²) in [6.07, 6.45) is -0.409. The van der Waals surface area contributed by atoms with E-state index in [1.807, 2.05) is 6.07 Å². The maximum Gasteiger partial charge on any atom is 0.328 e. The zero-order valence-electron chi connectivity index (χ0n) is 15.1. The molecular formula is C18H24N2O6. The smallest absolute Gasteiger partial charge is 0.328 e. The predicted molar refractivity (Wildman–Crippen MR) is 92.4 cm³/mol. The van der Waals surface area contributed by atoms with Crippen LogP contribution in [0.3, 0.4) is 0 Å². The number of amides is 2. The monoisotopic (exact) mass is 364 g/mol. The number of esters is 1. The van der Waals surface area contributed by atoms with Crippen LogP contribution in [0, 0.1) is 0 Å². The number of likely N-dealkylation sites (tertiary alicyclic amines) is 1. The normalized spacial score (nSPS) is 20.4. The second kappa shape index (κ2) is 8.66. The zero-order chi connectivity index (χ0) is 19.3. The Morgan fingerprint density at radius 1 is 1.35 bits per heavy atom. The summed E-state index contributed by atoms with van der Waals surface area (Å²) in [6, 6.07) is 5.43. The van der Waals surface area contributed by atoms with Gasteiger partial charge in [-0.2, -0.15) is 0 Å². The molecule has 1 saturated heterocycles. The lowest BCUT2D eigenvalue weighted by molar-refractivity contribution is -0.146. The SMILES string of the molecule is COC(=O)[C@H](Cc1cccc(OC)c1)NC(=O)[C@@H]1C[C@@H](O)CN1C(C)=O. The van der Waals surface area contributed by atoms with Crippen molar-refractivity contribution in [3.8, 4) is 5.75 Å². The molecule has 8 nitrogen and oxygen atoms in total. The number of carbonyl (C=O) groups is 3. The van der Waals surface area contributed by atoms with Crippen molar-refractivity contribution in [3.05, 3.63) is 29.8 Å². The molecule has 0 spiro atoms. The first-order valence-corrected chi connectivity index (χ1v) is 8.32. The Bertz CT molecular complexity index is 677. The van der Waals surface area contributed by atoms with Crippen LogP contribution in [0.5, 0.6) is 5.75 Å². The Balaban J connectivity index is 2.13. The molecule has 0 radical (unpaired) electrons. The molecule has 8 heteroatoms. The van der Waals surface area contributed by atoms with Gasteiger partial charge in [0.2, 0.25) is 11.8 Å². The Kier molecular flexibility index (Phi) is 6.57. The molecule has 0 bridgehead atoms. The second-order valence-corrected chi connectivity index (χ2v) is 6.22. The number of rotatable bonds is 6. The summed E-state index contributed by atoms with van der Waals surface area (Å²) in [4.78, 5) is 37.7. The van der Waals surface area contributed by atoms with Crippen molar-refractivity contribution in [2.24, 2.45) is 0 Å². The maximum absolute atomic E-state index is 12.6. The van der Waals surface area contributed by atoms with Crippen LogP contribution in [0.1, 0.15) is 18.9 Å². The molecule has 1 aliphatic rings. The lowest BCUT2D eigenvalue weighted by Crippen LogP contribution is -2.51. The molecule has 0 saturated carbocycles. The van der Waals surface area contributed by atoms with E-state index < -0.39 is 30.1 Å². The molecule has 1 aromatic rings. The number of ether oxygens (including phenoxy) is 2. The van der Waals surface area contributed by atoms with E-state index >= 15 is 0 Å². The van der Waals surface area contributed by atoms with E-state index in [2.05, 4.69) is 5.32 Å². The molecule has 26 heavy (non-hydrogen) atoms. The molecule has 142 valence electrons. The number of hydrogen-bond donors (Lipinski definition) is 2. The molecule has 0 aliphatic carbocycles. The van der Waals surface area contributed by atoms with Crippen molar-refractivity contribution in [1.29, 1.82) is 0 Å². The second-order valence-electron chi connectivity index (χ2n) is 6.22. The van der Waals surface area contributed by atoms with Crippen molar-refractivity contribution in [1.82, 2.24) is 10.2 Å². The number of nitrogens with one attached hydrogen (secondary N) is 1. The molecule has 1 aliphatic heterocycles. The fourth-order valence-electron chi connectivity index (χ4n) is 3.05. The van der Waals surface area contributed by atoms with Crippen LogP contribution in [0.4, 0.5) is 0 Å². The Morgan fingerprint density at radius 2 is 2.08 bits per heavy atom. The number of benzene rings is 1. The number of nitrogens with zero attached hydrogens (tertiary/aromatic N) is 1. The summed E-state index contributed by atoms with van der Waals surface area (Å²) < 4.78 is 9.95. The van der Waals surface area contributed by atoms with Crippen molar-refractivity contribution in [3.63, 3.8) is 0 Å². The summed E-state index contributed by atoms with van der Waals surface area (Å²) in [5, 5.41) is 12.4. The van der Waals surface area contributed by atoms with Gasteiger partial charge in [-0.3, -0.25) is 9.59 Å². The minimum Gasteiger partial charge on any atom is -0.497 e. The molecule has 1 heterocycles. The van der Waals surface area contributed by atoms with Crippen LogP contribution < -0.4 is 10.1 Å². The molecule has 0 aromatic heterocycles. The highest BCUT2D eigenvalue weighted by Gasteiger charge is 2.38. The highest BCUT2D eigenvalue weighted by molar-refractivity contribution is 5.91.